The van der Waals surface area contributed by atoms with Crippen LogP contribution in [0.2, 0.25) is 0 Å². The molecule has 1 aliphatic rings. The fourth-order valence-corrected chi connectivity index (χ4v) is 2.66. The molecular weight excluding hydrogens is 236 g/mol. The maximum absolute atomic E-state index is 6.04. The van der Waals surface area contributed by atoms with Gasteiger partial charge in [-0.05, 0) is 26.3 Å². The maximum atomic E-state index is 6.04. The van der Waals surface area contributed by atoms with Crippen LogP contribution in [0.3, 0.4) is 0 Å². The zero-order valence-electron chi connectivity index (χ0n) is 12.3. The molecule has 1 fully saturated rings. The predicted octanol–water partition coefficient (Wildman–Crippen LogP) is 2.02. The van der Waals surface area contributed by atoms with Crippen LogP contribution in [0.5, 0.6) is 0 Å². The smallest absolute Gasteiger partial charge is 0.133 e. The number of nitrogens with zero attached hydrogens (tertiary/aromatic N) is 3. The van der Waals surface area contributed by atoms with Crippen LogP contribution in [0.4, 0.5) is 5.82 Å². The zero-order chi connectivity index (χ0) is 13.8. The lowest BCUT2D eigenvalue weighted by Gasteiger charge is -2.39. The summed E-state index contributed by atoms with van der Waals surface area (Å²) in [6.07, 6.45) is 3.08. The summed E-state index contributed by atoms with van der Waals surface area (Å²) in [5, 5.41) is 0. The van der Waals surface area contributed by atoms with E-state index < -0.39 is 0 Å². The Morgan fingerprint density at radius 1 is 1.26 bits per heavy atom. The van der Waals surface area contributed by atoms with Gasteiger partial charge in [0.2, 0.25) is 0 Å². The van der Waals surface area contributed by atoms with Gasteiger partial charge in [-0.25, -0.2) is 4.98 Å². The Hall–Kier alpha value is -1.13. The van der Waals surface area contributed by atoms with E-state index in [1.807, 2.05) is 19.2 Å². The van der Waals surface area contributed by atoms with Crippen molar-refractivity contribution in [1.29, 1.82) is 0 Å². The highest BCUT2D eigenvalue weighted by Gasteiger charge is 2.22. The zero-order valence-corrected chi connectivity index (χ0v) is 12.3. The van der Waals surface area contributed by atoms with E-state index in [0.29, 0.717) is 6.04 Å². The molecule has 0 bridgehead atoms. The van der Waals surface area contributed by atoms with Crippen LogP contribution in [-0.2, 0) is 0 Å². The third-order valence-corrected chi connectivity index (χ3v) is 4.14. The predicted molar refractivity (Wildman–Crippen MR) is 80.4 cm³/mol. The lowest BCUT2D eigenvalue weighted by Crippen LogP contribution is -2.50. The molecule has 1 aromatic rings. The Kier molecular flexibility index (Phi) is 4.77. The van der Waals surface area contributed by atoms with Gasteiger partial charge in [-0.3, -0.25) is 4.90 Å². The highest BCUT2D eigenvalue weighted by atomic mass is 15.3. The summed E-state index contributed by atoms with van der Waals surface area (Å²) in [6, 6.07) is 4.78. The third-order valence-electron chi connectivity index (χ3n) is 4.14. The van der Waals surface area contributed by atoms with Gasteiger partial charge in [0.15, 0.2) is 0 Å². The average molecular weight is 262 g/mol. The molecule has 0 radical (unpaired) electrons. The summed E-state index contributed by atoms with van der Waals surface area (Å²) in [6.45, 7) is 10.9. The quantitative estimate of drug-likeness (QED) is 0.902. The number of aromatic nitrogens is 1. The Bertz CT molecular complexity index is 397. The Balaban J connectivity index is 2.06. The van der Waals surface area contributed by atoms with Gasteiger partial charge in [0.05, 0.1) is 0 Å². The van der Waals surface area contributed by atoms with E-state index in [-0.39, 0.29) is 6.04 Å². The lowest BCUT2D eigenvalue weighted by molar-refractivity contribution is 0.192. The van der Waals surface area contributed by atoms with Gasteiger partial charge >= 0.3 is 0 Å². The summed E-state index contributed by atoms with van der Waals surface area (Å²) in [5.74, 6) is 1.07. The van der Waals surface area contributed by atoms with Crippen LogP contribution in [0.25, 0.3) is 0 Å². The van der Waals surface area contributed by atoms with Crippen molar-refractivity contribution >= 4 is 5.82 Å². The Labute approximate surface area is 116 Å². The molecule has 0 aliphatic carbocycles. The van der Waals surface area contributed by atoms with Crippen LogP contribution in [0, 0.1) is 0 Å². The average Bonchev–Trinajstić information content (AvgIpc) is 2.46. The molecule has 2 N–H and O–H groups in total. The summed E-state index contributed by atoms with van der Waals surface area (Å²) in [7, 11) is 0. The van der Waals surface area contributed by atoms with Crippen LogP contribution >= 0.6 is 0 Å². The molecule has 2 rings (SSSR count). The number of anilines is 1. The SMILES string of the molecule is CCC(C)N1CCN(c2ncccc2[C@@H](C)N)CC1. The molecule has 0 aromatic carbocycles. The van der Waals surface area contributed by atoms with Crippen molar-refractivity contribution in [2.24, 2.45) is 5.73 Å². The molecule has 0 amide bonds. The molecule has 1 aromatic heterocycles. The van der Waals surface area contributed by atoms with E-state index in [9.17, 15) is 0 Å². The molecule has 4 nitrogen and oxygen atoms in total. The molecule has 0 spiro atoms. The summed E-state index contributed by atoms with van der Waals surface area (Å²) in [5.41, 5.74) is 7.19. The molecule has 1 aliphatic heterocycles. The van der Waals surface area contributed by atoms with Gasteiger partial charge in [-0.1, -0.05) is 13.0 Å². The molecule has 4 heteroatoms. The highest BCUT2D eigenvalue weighted by Crippen LogP contribution is 2.23. The van der Waals surface area contributed by atoms with Gasteiger partial charge < -0.3 is 10.6 Å². The number of nitrogens with two attached hydrogens (primary N) is 1. The molecule has 1 unspecified atom stereocenters. The normalized spacial score (nSPS) is 20.3. The number of piperazine rings is 1. The second-order valence-corrected chi connectivity index (χ2v) is 5.49. The Morgan fingerprint density at radius 3 is 2.53 bits per heavy atom. The minimum atomic E-state index is 0.0382. The van der Waals surface area contributed by atoms with Crippen molar-refractivity contribution in [1.82, 2.24) is 9.88 Å². The van der Waals surface area contributed by atoms with E-state index in [1.54, 1.807) is 0 Å². The third kappa shape index (κ3) is 3.25. The molecular formula is C15H26N4. The molecule has 106 valence electrons. The van der Waals surface area contributed by atoms with Gasteiger partial charge in [0.25, 0.3) is 0 Å². The molecule has 2 atom stereocenters. The van der Waals surface area contributed by atoms with E-state index in [0.717, 1.165) is 37.6 Å². The summed E-state index contributed by atoms with van der Waals surface area (Å²) < 4.78 is 0. The number of pyridine rings is 1. The number of rotatable bonds is 4. The highest BCUT2D eigenvalue weighted by molar-refractivity contribution is 5.48. The number of hydrogen-bond donors (Lipinski definition) is 1. The van der Waals surface area contributed by atoms with Crippen molar-refractivity contribution in [2.75, 3.05) is 31.1 Å². The second kappa shape index (κ2) is 6.35. The maximum Gasteiger partial charge on any atom is 0.133 e. The lowest BCUT2D eigenvalue weighted by atomic mass is 10.1. The van der Waals surface area contributed by atoms with Crippen LogP contribution in [0.15, 0.2) is 18.3 Å². The van der Waals surface area contributed by atoms with Gasteiger partial charge in [-0.15, -0.1) is 0 Å². The van der Waals surface area contributed by atoms with Crippen LogP contribution in [-0.4, -0.2) is 42.1 Å². The van der Waals surface area contributed by atoms with E-state index >= 15 is 0 Å². The Morgan fingerprint density at radius 2 is 1.95 bits per heavy atom. The fourth-order valence-electron chi connectivity index (χ4n) is 2.66. The van der Waals surface area contributed by atoms with Crippen molar-refractivity contribution < 1.29 is 0 Å². The van der Waals surface area contributed by atoms with Gasteiger partial charge in [0.1, 0.15) is 5.82 Å². The van der Waals surface area contributed by atoms with Crippen molar-refractivity contribution in [3.63, 3.8) is 0 Å². The van der Waals surface area contributed by atoms with Gasteiger partial charge in [0, 0.05) is 50.0 Å². The standard InChI is InChI=1S/C15H26N4/c1-4-12(2)18-8-10-19(11-9-18)15-14(13(3)16)6-5-7-17-15/h5-7,12-13H,4,8-11,16H2,1-3H3/t12?,13-/m1/s1. The van der Waals surface area contributed by atoms with Crippen molar-refractivity contribution in [2.45, 2.75) is 39.3 Å². The molecule has 1 saturated heterocycles. The fraction of sp³-hybridized carbons (Fsp3) is 0.667. The van der Waals surface area contributed by atoms with E-state index in [1.165, 1.54) is 6.42 Å². The minimum Gasteiger partial charge on any atom is -0.354 e. The summed E-state index contributed by atoms with van der Waals surface area (Å²) in [4.78, 5) is 9.47. The molecule has 19 heavy (non-hydrogen) atoms. The van der Waals surface area contributed by atoms with Crippen LogP contribution < -0.4 is 10.6 Å². The molecule has 2 heterocycles. The first-order valence-corrected chi connectivity index (χ1v) is 7.33. The van der Waals surface area contributed by atoms with Gasteiger partial charge in [-0.2, -0.15) is 0 Å². The largest absolute Gasteiger partial charge is 0.354 e. The van der Waals surface area contributed by atoms with Crippen molar-refractivity contribution in [3.8, 4) is 0 Å². The topological polar surface area (TPSA) is 45.4 Å². The van der Waals surface area contributed by atoms with E-state index in [2.05, 4.69) is 34.7 Å². The first-order valence-electron chi connectivity index (χ1n) is 7.33. The second-order valence-electron chi connectivity index (χ2n) is 5.49. The minimum absolute atomic E-state index is 0.0382. The molecule has 0 saturated carbocycles. The van der Waals surface area contributed by atoms with Crippen LogP contribution in [0.1, 0.15) is 38.8 Å². The number of hydrogen-bond acceptors (Lipinski definition) is 4. The van der Waals surface area contributed by atoms with Crippen molar-refractivity contribution in [3.05, 3.63) is 23.9 Å². The first kappa shape index (κ1) is 14.3. The summed E-state index contributed by atoms with van der Waals surface area (Å²) >= 11 is 0. The van der Waals surface area contributed by atoms with E-state index in [4.69, 9.17) is 5.73 Å². The first-order chi connectivity index (χ1) is 9.13. The monoisotopic (exact) mass is 262 g/mol.